The first-order chi connectivity index (χ1) is 11.5. The molecule has 1 fully saturated rings. The average Bonchev–Trinajstić information content (AvgIpc) is 2.81. The number of carbonyl (C=O) groups excluding carboxylic acids is 3. The number of Topliss-reactive ketones (excluding diaryl/α,β-unsaturated/α-hetero) is 1. The number of hydrogen-bond acceptors (Lipinski definition) is 3. The third-order valence-electron chi connectivity index (χ3n) is 4.14. The van der Waals surface area contributed by atoms with Crippen molar-refractivity contribution >= 4 is 17.7 Å². The van der Waals surface area contributed by atoms with E-state index in [2.05, 4.69) is 5.32 Å². The van der Waals surface area contributed by atoms with Crippen LogP contribution in [0, 0.1) is 0 Å². The summed E-state index contributed by atoms with van der Waals surface area (Å²) in [6, 6.07) is 18.1. The van der Waals surface area contributed by atoms with Crippen molar-refractivity contribution in [1.29, 1.82) is 0 Å². The number of amides is 3. The molecular weight excluding hydrogens is 304 g/mol. The van der Waals surface area contributed by atoms with Crippen molar-refractivity contribution in [3.05, 3.63) is 71.8 Å². The number of benzene rings is 2. The van der Waals surface area contributed by atoms with Crippen molar-refractivity contribution in [3.8, 4) is 0 Å². The number of imide groups is 1. The van der Waals surface area contributed by atoms with Gasteiger partial charge in [0.2, 0.25) is 0 Å². The van der Waals surface area contributed by atoms with Gasteiger partial charge in [-0.1, -0.05) is 60.7 Å². The highest BCUT2D eigenvalue weighted by Crippen LogP contribution is 2.32. The van der Waals surface area contributed by atoms with E-state index in [0.717, 1.165) is 10.5 Å². The lowest BCUT2D eigenvalue weighted by Crippen LogP contribution is -2.46. The highest BCUT2D eigenvalue weighted by Gasteiger charge is 2.52. The van der Waals surface area contributed by atoms with E-state index < -0.39 is 17.5 Å². The summed E-state index contributed by atoms with van der Waals surface area (Å²) in [5, 5.41) is 2.82. The van der Waals surface area contributed by atoms with E-state index in [9.17, 15) is 14.4 Å². The van der Waals surface area contributed by atoms with Crippen molar-refractivity contribution in [3.63, 3.8) is 0 Å². The molecule has 122 valence electrons. The molecule has 5 nitrogen and oxygen atoms in total. The van der Waals surface area contributed by atoms with E-state index in [0.29, 0.717) is 12.0 Å². The summed E-state index contributed by atoms with van der Waals surface area (Å²) >= 11 is 0. The molecule has 0 spiro atoms. The predicted octanol–water partition coefficient (Wildman–Crippen LogP) is 2.27. The molecule has 3 rings (SSSR count). The Morgan fingerprint density at radius 1 is 1.00 bits per heavy atom. The molecule has 0 aliphatic carbocycles. The fourth-order valence-corrected chi connectivity index (χ4v) is 3.03. The predicted molar refractivity (Wildman–Crippen MR) is 89.2 cm³/mol. The van der Waals surface area contributed by atoms with Gasteiger partial charge in [0.25, 0.3) is 5.91 Å². The van der Waals surface area contributed by atoms with E-state index in [1.54, 1.807) is 0 Å². The van der Waals surface area contributed by atoms with Crippen molar-refractivity contribution in [2.75, 3.05) is 6.54 Å². The average molecular weight is 322 g/mol. The van der Waals surface area contributed by atoms with Gasteiger partial charge in [-0.3, -0.25) is 14.5 Å². The minimum absolute atomic E-state index is 0.214. The summed E-state index contributed by atoms with van der Waals surface area (Å²) in [4.78, 5) is 37.8. The van der Waals surface area contributed by atoms with Crippen LogP contribution in [0.5, 0.6) is 0 Å². The maximum absolute atomic E-state index is 13.1. The second-order valence-electron chi connectivity index (χ2n) is 5.96. The molecule has 5 heteroatoms. The Kier molecular flexibility index (Phi) is 4.16. The van der Waals surface area contributed by atoms with Crippen LogP contribution < -0.4 is 5.32 Å². The smallest absolute Gasteiger partial charge is 0.319 e. The topological polar surface area (TPSA) is 66.5 Å². The molecule has 1 aliphatic heterocycles. The summed E-state index contributed by atoms with van der Waals surface area (Å²) < 4.78 is 0. The van der Waals surface area contributed by atoms with Gasteiger partial charge in [-0.05, 0) is 18.1 Å². The molecule has 0 radical (unpaired) electrons. The highest BCUT2D eigenvalue weighted by molar-refractivity contribution is 6.09. The maximum atomic E-state index is 13.1. The third kappa shape index (κ3) is 2.80. The highest BCUT2D eigenvalue weighted by atomic mass is 16.2. The first kappa shape index (κ1) is 15.9. The molecule has 0 bridgehead atoms. The van der Waals surface area contributed by atoms with Crippen LogP contribution in [0.1, 0.15) is 18.1 Å². The summed E-state index contributed by atoms with van der Waals surface area (Å²) in [5.41, 5.74) is 0.452. The van der Waals surface area contributed by atoms with Crippen LogP contribution in [0.4, 0.5) is 4.79 Å². The first-order valence-corrected chi connectivity index (χ1v) is 7.76. The van der Waals surface area contributed by atoms with Gasteiger partial charge >= 0.3 is 6.03 Å². The lowest BCUT2D eigenvalue weighted by molar-refractivity contribution is -0.134. The molecule has 1 aliphatic rings. The second-order valence-corrected chi connectivity index (χ2v) is 5.96. The van der Waals surface area contributed by atoms with Crippen LogP contribution in [-0.2, 0) is 21.5 Å². The SMILES string of the molecule is CC(=O)CN1C(=O)NC(Cc2ccccc2)(c2ccccc2)C1=O. The number of rotatable bonds is 5. The molecule has 1 atom stereocenters. The minimum atomic E-state index is -1.19. The number of urea groups is 1. The molecule has 2 aromatic rings. The summed E-state index contributed by atoms with van der Waals surface area (Å²) in [6.07, 6.45) is 0.330. The van der Waals surface area contributed by atoms with Crippen LogP contribution in [0.25, 0.3) is 0 Å². The summed E-state index contributed by atoms with van der Waals surface area (Å²) in [7, 11) is 0. The Hall–Kier alpha value is -2.95. The van der Waals surface area contributed by atoms with Crippen LogP contribution in [0.15, 0.2) is 60.7 Å². The van der Waals surface area contributed by atoms with Gasteiger partial charge in [0.05, 0.1) is 6.54 Å². The molecular formula is C19H18N2O3. The Bertz CT molecular complexity index is 774. The molecule has 24 heavy (non-hydrogen) atoms. The first-order valence-electron chi connectivity index (χ1n) is 7.76. The number of carbonyl (C=O) groups is 3. The molecule has 3 amide bonds. The Morgan fingerprint density at radius 3 is 2.17 bits per heavy atom. The number of nitrogens with zero attached hydrogens (tertiary/aromatic N) is 1. The molecule has 1 unspecified atom stereocenters. The minimum Gasteiger partial charge on any atom is -0.319 e. The normalized spacial score (nSPS) is 20.1. The molecule has 1 saturated heterocycles. The van der Waals surface area contributed by atoms with Crippen molar-refractivity contribution < 1.29 is 14.4 Å². The quantitative estimate of drug-likeness (QED) is 0.859. The largest absolute Gasteiger partial charge is 0.325 e. The zero-order valence-electron chi connectivity index (χ0n) is 13.4. The van der Waals surface area contributed by atoms with Crippen molar-refractivity contribution in [1.82, 2.24) is 10.2 Å². The fourth-order valence-electron chi connectivity index (χ4n) is 3.03. The van der Waals surface area contributed by atoms with Crippen molar-refractivity contribution in [2.45, 2.75) is 18.9 Å². The number of ketones is 1. The second kappa shape index (κ2) is 6.28. The van der Waals surface area contributed by atoms with Crippen LogP contribution in [0.3, 0.4) is 0 Å². The Balaban J connectivity index is 2.05. The zero-order valence-corrected chi connectivity index (χ0v) is 13.4. The van der Waals surface area contributed by atoms with Gasteiger partial charge in [-0.25, -0.2) is 4.79 Å². The lowest BCUT2D eigenvalue weighted by atomic mass is 9.83. The van der Waals surface area contributed by atoms with Crippen LogP contribution in [0.2, 0.25) is 0 Å². The molecule has 0 saturated carbocycles. The van der Waals surface area contributed by atoms with Gasteiger partial charge in [-0.2, -0.15) is 0 Å². The zero-order chi connectivity index (χ0) is 17.2. The van der Waals surface area contributed by atoms with E-state index >= 15 is 0 Å². The van der Waals surface area contributed by atoms with Gasteiger partial charge in [0.15, 0.2) is 5.54 Å². The molecule has 2 aromatic carbocycles. The van der Waals surface area contributed by atoms with Gasteiger partial charge in [-0.15, -0.1) is 0 Å². The van der Waals surface area contributed by atoms with E-state index in [1.165, 1.54) is 6.92 Å². The molecule has 1 N–H and O–H groups in total. The molecule has 0 aromatic heterocycles. The Labute approximate surface area is 140 Å². The number of hydrogen-bond donors (Lipinski definition) is 1. The van der Waals surface area contributed by atoms with E-state index in [1.807, 2.05) is 60.7 Å². The van der Waals surface area contributed by atoms with Gasteiger partial charge < -0.3 is 5.32 Å². The lowest BCUT2D eigenvalue weighted by Gasteiger charge is -2.27. The van der Waals surface area contributed by atoms with Crippen LogP contribution in [-0.4, -0.2) is 29.2 Å². The van der Waals surface area contributed by atoms with E-state index in [4.69, 9.17) is 0 Å². The number of nitrogens with one attached hydrogen (secondary N) is 1. The van der Waals surface area contributed by atoms with Crippen molar-refractivity contribution in [2.24, 2.45) is 0 Å². The Morgan fingerprint density at radius 2 is 1.58 bits per heavy atom. The molecule has 1 heterocycles. The summed E-state index contributed by atoms with van der Waals surface area (Å²) in [5.74, 6) is -0.625. The maximum Gasteiger partial charge on any atom is 0.325 e. The van der Waals surface area contributed by atoms with Gasteiger partial charge in [0, 0.05) is 6.42 Å². The standard InChI is InChI=1S/C19H18N2O3/c1-14(22)13-21-17(23)19(20-18(21)24,16-10-6-3-7-11-16)12-15-8-4-2-5-9-15/h2-11H,12-13H2,1H3,(H,20,24). The van der Waals surface area contributed by atoms with Gasteiger partial charge in [0.1, 0.15) is 5.78 Å². The third-order valence-corrected chi connectivity index (χ3v) is 4.14. The fraction of sp³-hybridized carbons (Fsp3) is 0.211. The summed E-state index contributed by atoms with van der Waals surface area (Å²) in [6.45, 7) is 1.15. The van der Waals surface area contributed by atoms with E-state index in [-0.39, 0.29) is 12.3 Å². The monoisotopic (exact) mass is 322 g/mol. The van der Waals surface area contributed by atoms with Crippen LogP contribution >= 0.6 is 0 Å².